The van der Waals surface area contributed by atoms with Crippen molar-refractivity contribution >= 4 is 17.3 Å². The minimum absolute atomic E-state index is 0.00731. The third kappa shape index (κ3) is 2.79. The van der Waals surface area contributed by atoms with E-state index in [1.807, 2.05) is 0 Å². The number of methoxy groups -OCH3 is 1. The summed E-state index contributed by atoms with van der Waals surface area (Å²) in [4.78, 5) is 13.5. The van der Waals surface area contributed by atoms with Gasteiger partial charge in [-0.3, -0.25) is 4.79 Å². The van der Waals surface area contributed by atoms with Gasteiger partial charge in [-0.2, -0.15) is 0 Å². The van der Waals surface area contributed by atoms with Gasteiger partial charge in [0.15, 0.2) is 5.82 Å². The molecule has 2 aromatic rings. The highest BCUT2D eigenvalue weighted by Crippen LogP contribution is 2.31. The molecule has 0 spiro atoms. The largest absolute Gasteiger partial charge is 0.494 e. The van der Waals surface area contributed by atoms with Crippen LogP contribution in [0.15, 0.2) is 36.4 Å². The summed E-state index contributed by atoms with van der Waals surface area (Å²) in [5.74, 6) is -1.51. The summed E-state index contributed by atoms with van der Waals surface area (Å²) in [6, 6.07) is 7.84. The van der Waals surface area contributed by atoms with Gasteiger partial charge in [-0.05, 0) is 30.3 Å². The number of nitrogen functional groups attached to an aromatic ring is 1. The summed E-state index contributed by atoms with van der Waals surface area (Å²) in [6.07, 6.45) is 0. The highest BCUT2D eigenvalue weighted by atomic mass is 19.1. The quantitative estimate of drug-likeness (QED) is 0.885. The number of hydrogen-bond donors (Lipinski definition) is 1. The second-order valence-electron chi connectivity index (χ2n) is 4.39. The fourth-order valence-electron chi connectivity index (χ4n) is 1.96. The number of nitrogens with two attached hydrogens (primary N) is 1. The van der Waals surface area contributed by atoms with Crippen LogP contribution in [0.5, 0.6) is 5.75 Å². The molecular formula is C15H14F2N2O2. The normalized spacial score (nSPS) is 10.3. The maximum Gasteiger partial charge on any atom is 0.258 e. The van der Waals surface area contributed by atoms with Crippen LogP contribution in [0.25, 0.3) is 0 Å². The van der Waals surface area contributed by atoms with Crippen molar-refractivity contribution in [2.45, 2.75) is 0 Å². The standard InChI is InChI=1S/C15H14F2N2O2/c1-19(14-11(17)4-3-5-13(14)21-2)15(20)9-6-7-10(16)12(18)8-9/h3-8H,18H2,1-2H3. The smallest absolute Gasteiger partial charge is 0.258 e. The van der Waals surface area contributed by atoms with Crippen LogP contribution in [0.2, 0.25) is 0 Å². The Morgan fingerprint density at radius 3 is 2.52 bits per heavy atom. The van der Waals surface area contributed by atoms with Gasteiger partial charge < -0.3 is 15.4 Å². The molecule has 0 bridgehead atoms. The molecule has 0 aliphatic rings. The lowest BCUT2D eigenvalue weighted by molar-refractivity contribution is 0.0991. The summed E-state index contributed by atoms with van der Waals surface area (Å²) >= 11 is 0. The highest BCUT2D eigenvalue weighted by Gasteiger charge is 2.21. The van der Waals surface area contributed by atoms with Gasteiger partial charge in [0, 0.05) is 12.6 Å². The SMILES string of the molecule is COc1cccc(F)c1N(C)C(=O)c1ccc(F)c(N)c1. The molecule has 0 atom stereocenters. The molecule has 0 fully saturated rings. The maximum absolute atomic E-state index is 13.9. The monoisotopic (exact) mass is 292 g/mol. The second kappa shape index (κ2) is 5.78. The zero-order chi connectivity index (χ0) is 15.6. The van der Waals surface area contributed by atoms with Crippen LogP contribution in [-0.4, -0.2) is 20.1 Å². The Kier molecular flexibility index (Phi) is 4.07. The number of amides is 1. The summed E-state index contributed by atoms with van der Waals surface area (Å²) < 4.78 is 32.1. The van der Waals surface area contributed by atoms with Crippen LogP contribution < -0.4 is 15.4 Å². The van der Waals surface area contributed by atoms with Crippen molar-refractivity contribution in [3.8, 4) is 5.75 Å². The van der Waals surface area contributed by atoms with Crippen LogP contribution in [0.4, 0.5) is 20.2 Å². The van der Waals surface area contributed by atoms with E-state index >= 15 is 0 Å². The molecule has 0 aromatic heterocycles. The number of nitrogens with zero attached hydrogens (tertiary/aromatic N) is 1. The van der Waals surface area contributed by atoms with Crippen molar-refractivity contribution in [2.24, 2.45) is 0 Å². The van der Waals surface area contributed by atoms with Gasteiger partial charge in [0.05, 0.1) is 12.8 Å². The third-order valence-corrected chi connectivity index (χ3v) is 3.05. The van der Waals surface area contributed by atoms with E-state index in [4.69, 9.17) is 10.5 Å². The average molecular weight is 292 g/mol. The molecule has 2 N–H and O–H groups in total. The van der Waals surface area contributed by atoms with Gasteiger partial charge in [-0.1, -0.05) is 6.07 Å². The zero-order valence-electron chi connectivity index (χ0n) is 11.6. The summed E-state index contributed by atoms with van der Waals surface area (Å²) in [5.41, 5.74) is 5.46. The fourth-order valence-corrected chi connectivity index (χ4v) is 1.96. The minimum Gasteiger partial charge on any atom is -0.494 e. The Bertz CT molecular complexity index is 689. The maximum atomic E-state index is 13.9. The van der Waals surface area contributed by atoms with E-state index in [-0.39, 0.29) is 22.7 Å². The minimum atomic E-state index is -0.613. The first-order chi connectivity index (χ1) is 9.95. The highest BCUT2D eigenvalue weighted by molar-refractivity contribution is 6.07. The summed E-state index contributed by atoms with van der Waals surface area (Å²) in [7, 11) is 2.79. The molecule has 0 aliphatic carbocycles. The zero-order valence-corrected chi connectivity index (χ0v) is 11.6. The number of benzene rings is 2. The average Bonchev–Trinajstić information content (AvgIpc) is 2.48. The predicted octanol–water partition coefficient (Wildman–Crippen LogP) is 2.83. The van der Waals surface area contributed by atoms with Crippen molar-refractivity contribution in [3.05, 3.63) is 53.6 Å². The van der Waals surface area contributed by atoms with Gasteiger partial charge in [0.1, 0.15) is 17.3 Å². The lowest BCUT2D eigenvalue weighted by Gasteiger charge is -2.20. The van der Waals surface area contributed by atoms with Crippen molar-refractivity contribution in [3.63, 3.8) is 0 Å². The molecule has 0 heterocycles. The van der Waals surface area contributed by atoms with Crippen LogP contribution in [0.3, 0.4) is 0 Å². The van der Waals surface area contributed by atoms with Crippen molar-refractivity contribution < 1.29 is 18.3 Å². The number of hydrogen-bond acceptors (Lipinski definition) is 3. The Balaban J connectivity index is 2.42. The van der Waals surface area contributed by atoms with Gasteiger partial charge in [-0.15, -0.1) is 0 Å². The van der Waals surface area contributed by atoms with Crippen molar-refractivity contribution in [1.29, 1.82) is 0 Å². The van der Waals surface area contributed by atoms with E-state index in [9.17, 15) is 13.6 Å². The number of para-hydroxylation sites is 1. The van der Waals surface area contributed by atoms with Crippen LogP contribution in [0, 0.1) is 11.6 Å². The van der Waals surface area contributed by atoms with Crippen molar-refractivity contribution in [1.82, 2.24) is 0 Å². The molecule has 110 valence electrons. The van der Waals surface area contributed by atoms with E-state index in [2.05, 4.69) is 0 Å². The number of carbonyl (C=O) groups excluding carboxylic acids is 1. The molecule has 0 saturated heterocycles. The van der Waals surface area contributed by atoms with Gasteiger partial charge >= 0.3 is 0 Å². The van der Waals surface area contributed by atoms with E-state index in [0.717, 1.165) is 11.0 Å². The van der Waals surface area contributed by atoms with Gasteiger partial charge in [-0.25, -0.2) is 8.78 Å². The first-order valence-corrected chi connectivity index (χ1v) is 6.11. The van der Waals surface area contributed by atoms with Crippen LogP contribution in [-0.2, 0) is 0 Å². The van der Waals surface area contributed by atoms with Gasteiger partial charge in [0.2, 0.25) is 0 Å². The molecule has 2 rings (SSSR count). The molecule has 0 saturated carbocycles. The Labute approximate surface area is 120 Å². The fraction of sp³-hybridized carbons (Fsp3) is 0.133. The first-order valence-electron chi connectivity index (χ1n) is 6.11. The molecule has 4 nitrogen and oxygen atoms in total. The number of halogens is 2. The third-order valence-electron chi connectivity index (χ3n) is 3.05. The molecule has 0 unspecified atom stereocenters. The van der Waals surface area contributed by atoms with Crippen LogP contribution >= 0.6 is 0 Å². The van der Waals surface area contributed by atoms with Crippen molar-refractivity contribution in [2.75, 3.05) is 24.8 Å². The van der Waals surface area contributed by atoms with E-state index in [1.165, 1.54) is 38.4 Å². The first kappa shape index (κ1) is 14.8. The molecule has 1 amide bonds. The molecule has 2 aromatic carbocycles. The van der Waals surface area contributed by atoms with Crippen LogP contribution in [0.1, 0.15) is 10.4 Å². The Morgan fingerprint density at radius 1 is 1.19 bits per heavy atom. The van der Waals surface area contributed by atoms with E-state index in [1.54, 1.807) is 6.07 Å². The molecular weight excluding hydrogens is 278 g/mol. The summed E-state index contributed by atoms with van der Waals surface area (Å²) in [6.45, 7) is 0. The van der Waals surface area contributed by atoms with E-state index < -0.39 is 17.5 Å². The number of carbonyl (C=O) groups is 1. The van der Waals surface area contributed by atoms with Gasteiger partial charge in [0.25, 0.3) is 5.91 Å². The molecule has 6 heteroatoms. The number of rotatable bonds is 3. The lowest BCUT2D eigenvalue weighted by Crippen LogP contribution is -2.27. The summed E-state index contributed by atoms with van der Waals surface area (Å²) in [5, 5.41) is 0. The number of ether oxygens (including phenoxy) is 1. The Hall–Kier alpha value is -2.63. The molecule has 0 radical (unpaired) electrons. The number of anilines is 2. The second-order valence-corrected chi connectivity index (χ2v) is 4.39. The van der Waals surface area contributed by atoms with E-state index in [0.29, 0.717) is 0 Å². The lowest BCUT2D eigenvalue weighted by atomic mass is 10.1. The molecule has 21 heavy (non-hydrogen) atoms. The Morgan fingerprint density at radius 2 is 1.90 bits per heavy atom. The molecule has 0 aliphatic heterocycles. The topological polar surface area (TPSA) is 55.6 Å². The predicted molar refractivity (Wildman–Crippen MR) is 76.5 cm³/mol.